The van der Waals surface area contributed by atoms with Gasteiger partial charge in [0.2, 0.25) is 0 Å². The predicted octanol–water partition coefficient (Wildman–Crippen LogP) is 4.50. The molecule has 1 aliphatic rings. The van der Waals surface area contributed by atoms with E-state index in [1.807, 2.05) is 31.2 Å². The minimum atomic E-state index is -4.30. The summed E-state index contributed by atoms with van der Waals surface area (Å²) in [6.45, 7) is 2.67. The van der Waals surface area contributed by atoms with Gasteiger partial charge in [0.25, 0.3) is 0 Å². The predicted molar refractivity (Wildman–Crippen MR) is 84.5 cm³/mol. The van der Waals surface area contributed by atoms with Crippen molar-refractivity contribution in [3.8, 4) is 0 Å². The van der Waals surface area contributed by atoms with Gasteiger partial charge < -0.3 is 5.32 Å². The highest BCUT2D eigenvalue weighted by Gasteiger charge is 2.30. The number of halogens is 3. The largest absolute Gasteiger partial charge is 0.416 e. The molecule has 0 aromatic heterocycles. The molecule has 1 atom stereocenters. The third-order valence-electron chi connectivity index (χ3n) is 4.04. The van der Waals surface area contributed by atoms with Crippen LogP contribution in [0, 0.1) is 6.92 Å². The molecule has 2 nitrogen and oxygen atoms in total. The zero-order valence-electron chi connectivity index (χ0n) is 12.7. The van der Waals surface area contributed by atoms with Crippen molar-refractivity contribution in [2.45, 2.75) is 25.6 Å². The molecule has 0 spiro atoms. The summed E-state index contributed by atoms with van der Waals surface area (Å²) in [7, 11) is 0. The van der Waals surface area contributed by atoms with Crippen molar-refractivity contribution in [3.05, 3.63) is 70.8 Å². The fourth-order valence-electron chi connectivity index (χ4n) is 2.74. The lowest BCUT2D eigenvalue weighted by atomic mass is 9.99. The van der Waals surface area contributed by atoms with Gasteiger partial charge in [-0.15, -0.1) is 0 Å². The molecule has 0 amide bonds. The van der Waals surface area contributed by atoms with Gasteiger partial charge in [0.15, 0.2) is 0 Å². The van der Waals surface area contributed by atoms with E-state index >= 15 is 0 Å². The molecular formula is C18H17F3N2. The molecule has 1 aliphatic heterocycles. The summed E-state index contributed by atoms with van der Waals surface area (Å²) in [5, 5.41) is 3.35. The van der Waals surface area contributed by atoms with E-state index in [9.17, 15) is 13.2 Å². The van der Waals surface area contributed by atoms with Crippen LogP contribution in [0.5, 0.6) is 0 Å². The molecule has 23 heavy (non-hydrogen) atoms. The van der Waals surface area contributed by atoms with Crippen LogP contribution >= 0.6 is 0 Å². The fourth-order valence-corrected chi connectivity index (χ4v) is 2.74. The van der Waals surface area contributed by atoms with Crippen molar-refractivity contribution in [2.75, 3.05) is 6.54 Å². The van der Waals surface area contributed by atoms with Crippen LogP contribution in [0.4, 0.5) is 13.2 Å². The molecule has 0 saturated carbocycles. The fraction of sp³-hybridized carbons (Fsp3) is 0.278. The van der Waals surface area contributed by atoms with Crippen LogP contribution in [0.15, 0.2) is 53.5 Å². The number of aryl methyl sites for hydroxylation is 1. The Bertz CT molecular complexity index is 718. The van der Waals surface area contributed by atoms with Crippen molar-refractivity contribution in [1.82, 2.24) is 5.32 Å². The average molecular weight is 318 g/mol. The first-order valence-electron chi connectivity index (χ1n) is 7.49. The first kappa shape index (κ1) is 15.6. The van der Waals surface area contributed by atoms with E-state index in [2.05, 4.69) is 10.3 Å². The van der Waals surface area contributed by atoms with Crippen molar-refractivity contribution in [1.29, 1.82) is 0 Å². The lowest BCUT2D eigenvalue weighted by Gasteiger charge is -2.26. The zero-order valence-corrected chi connectivity index (χ0v) is 12.7. The second-order valence-electron chi connectivity index (χ2n) is 5.65. The van der Waals surface area contributed by atoms with Gasteiger partial charge in [0.05, 0.1) is 11.6 Å². The SMILES string of the molecule is Cc1ccccc1C1=NCC[C@H](c2ccc(C(F)(F)F)cc2)N1. The Morgan fingerprint density at radius 2 is 1.74 bits per heavy atom. The number of aliphatic imine (C=N–C) groups is 1. The summed E-state index contributed by atoms with van der Waals surface area (Å²) in [6, 6.07) is 13.3. The van der Waals surface area contributed by atoms with Crippen LogP contribution in [0.25, 0.3) is 0 Å². The maximum absolute atomic E-state index is 12.7. The van der Waals surface area contributed by atoms with Crippen LogP contribution in [-0.4, -0.2) is 12.4 Å². The number of alkyl halides is 3. The van der Waals surface area contributed by atoms with E-state index in [1.54, 1.807) is 12.1 Å². The van der Waals surface area contributed by atoms with Gasteiger partial charge in [-0.2, -0.15) is 13.2 Å². The van der Waals surface area contributed by atoms with Crippen LogP contribution in [0.3, 0.4) is 0 Å². The second kappa shape index (κ2) is 6.07. The number of hydrogen-bond donors (Lipinski definition) is 1. The topological polar surface area (TPSA) is 24.4 Å². The molecule has 0 bridgehead atoms. The third-order valence-corrected chi connectivity index (χ3v) is 4.04. The molecule has 0 radical (unpaired) electrons. The number of amidine groups is 1. The second-order valence-corrected chi connectivity index (χ2v) is 5.65. The Hall–Kier alpha value is -2.30. The minimum Gasteiger partial charge on any atom is -0.363 e. The van der Waals surface area contributed by atoms with Crippen molar-refractivity contribution in [3.63, 3.8) is 0 Å². The summed E-state index contributed by atoms with van der Waals surface area (Å²) in [5.41, 5.74) is 2.37. The highest BCUT2D eigenvalue weighted by Crippen LogP contribution is 2.30. The number of nitrogens with zero attached hydrogens (tertiary/aromatic N) is 1. The van der Waals surface area contributed by atoms with E-state index in [0.29, 0.717) is 6.54 Å². The Balaban J connectivity index is 1.81. The Morgan fingerprint density at radius 3 is 2.39 bits per heavy atom. The zero-order chi connectivity index (χ0) is 16.4. The van der Waals surface area contributed by atoms with Crippen LogP contribution in [0.2, 0.25) is 0 Å². The van der Waals surface area contributed by atoms with Crippen LogP contribution < -0.4 is 5.32 Å². The molecule has 0 unspecified atom stereocenters. The molecule has 0 aliphatic carbocycles. The van der Waals surface area contributed by atoms with E-state index < -0.39 is 11.7 Å². The molecule has 3 rings (SSSR count). The first-order chi connectivity index (χ1) is 10.9. The Kier molecular flexibility index (Phi) is 4.11. The van der Waals surface area contributed by atoms with E-state index in [-0.39, 0.29) is 6.04 Å². The van der Waals surface area contributed by atoms with Gasteiger partial charge in [-0.3, -0.25) is 4.99 Å². The average Bonchev–Trinajstić information content (AvgIpc) is 2.55. The van der Waals surface area contributed by atoms with E-state index in [0.717, 1.165) is 41.1 Å². The van der Waals surface area contributed by atoms with E-state index in [4.69, 9.17) is 0 Å². The molecule has 2 aromatic rings. The third kappa shape index (κ3) is 3.38. The quantitative estimate of drug-likeness (QED) is 0.866. The van der Waals surface area contributed by atoms with Gasteiger partial charge in [0, 0.05) is 12.1 Å². The minimum absolute atomic E-state index is 0.0237. The summed E-state index contributed by atoms with van der Waals surface area (Å²) < 4.78 is 38.0. The van der Waals surface area contributed by atoms with Gasteiger partial charge in [0.1, 0.15) is 5.84 Å². The first-order valence-corrected chi connectivity index (χ1v) is 7.49. The standard InChI is InChI=1S/C18H17F3N2/c1-12-4-2-3-5-15(12)17-22-11-10-16(23-17)13-6-8-14(9-7-13)18(19,20)21/h2-9,16H,10-11H2,1H3,(H,22,23)/t16-/m1/s1. The van der Waals surface area contributed by atoms with Gasteiger partial charge in [-0.25, -0.2) is 0 Å². The number of hydrogen-bond acceptors (Lipinski definition) is 2. The highest BCUT2D eigenvalue weighted by atomic mass is 19.4. The van der Waals surface area contributed by atoms with Crippen molar-refractivity contribution >= 4 is 5.84 Å². The lowest BCUT2D eigenvalue weighted by molar-refractivity contribution is -0.137. The summed E-state index contributed by atoms with van der Waals surface area (Å²) in [5.74, 6) is 0.805. The molecule has 1 N–H and O–H groups in total. The Morgan fingerprint density at radius 1 is 1.04 bits per heavy atom. The van der Waals surface area contributed by atoms with Crippen LogP contribution in [-0.2, 0) is 6.18 Å². The summed E-state index contributed by atoms with van der Waals surface area (Å²) in [4.78, 5) is 4.52. The summed E-state index contributed by atoms with van der Waals surface area (Å²) in [6.07, 6.45) is -3.53. The van der Waals surface area contributed by atoms with Crippen molar-refractivity contribution < 1.29 is 13.2 Å². The van der Waals surface area contributed by atoms with Crippen LogP contribution in [0.1, 0.15) is 34.7 Å². The molecule has 2 aromatic carbocycles. The molecule has 0 fully saturated rings. The van der Waals surface area contributed by atoms with Gasteiger partial charge in [-0.1, -0.05) is 36.4 Å². The monoisotopic (exact) mass is 318 g/mol. The van der Waals surface area contributed by atoms with E-state index in [1.165, 1.54) is 0 Å². The number of nitrogens with one attached hydrogen (secondary N) is 1. The van der Waals surface area contributed by atoms with Crippen molar-refractivity contribution in [2.24, 2.45) is 4.99 Å². The molecule has 1 heterocycles. The molecule has 120 valence electrons. The molecule has 0 saturated heterocycles. The maximum atomic E-state index is 12.7. The smallest absolute Gasteiger partial charge is 0.363 e. The summed E-state index contributed by atoms with van der Waals surface area (Å²) >= 11 is 0. The van der Waals surface area contributed by atoms with Gasteiger partial charge >= 0.3 is 6.18 Å². The number of rotatable bonds is 2. The highest BCUT2D eigenvalue weighted by molar-refractivity contribution is 6.00. The Labute approximate surface area is 133 Å². The molecular weight excluding hydrogens is 301 g/mol. The maximum Gasteiger partial charge on any atom is 0.416 e. The van der Waals surface area contributed by atoms with Gasteiger partial charge in [-0.05, 0) is 36.6 Å². The lowest BCUT2D eigenvalue weighted by Crippen LogP contribution is -2.34. The number of benzene rings is 2. The normalized spacial score (nSPS) is 18.3. The molecule has 5 heteroatoms.